The third kappa shape index (κ3) is 2.36. The van der Waals surface area contributed by atoms with Crippen molar-refractivity contribution in [3.8, 4) is 0 Å². The predicted molar refractivity (Wildman–Crippen MR) is 58.5 cm³/mol. The lowest BCUT2D eigenvalue weighted by atomic mass is 10.2. The molecule has 3 N–H and O–H groups in total. The molecule has 2 unspecified atom stereocenters. The number of anilines is 1. The summed E-state index contributed by atoms with van der Waals surface area (Å²) in [6.07, 6.45) is 3.24. The van der Waals surface area contributed by atoms with Crippen LogP contribution in [0.2, 0.25) is 5.15 Å². The van der Waals surface area contributed by atoms with Crippen molar-refractivity contribution in [2.24, 2.45) is 5.73 Å². The maximum Gasteiger partial charge on any atom is 0.131 e. The summed E-state index contributed by atoms with van der Waals surface area (Å²) in [6, 6.07) is 6.39. The minimum Gasteiger partial charge on any atom is -0.367 e. The summed E-state index contributed by atoms with van der Waals surface area (Å²) < 4.78 is 0. The van der Waals surface area contributed by atoms with Crippen LogP contribution in [0, 0.1) is 0 Å². The van der Waals surface area contributed by atoms with Crippen LogP contribution in [0.4, 0.5) is 5.82 Å². The second-order valence-corrected chi connectivity index (χ2v) is 4.15. The van der Waals surface area contributed by atoms with E-state index in [0.29, 0.717) is 17.2 Å². The molecule has 1 aliphatic carbocycles. The van der Waals surface area contributed by atoms with Gasteiger partial charge in [0.15, 0.2) is 0 Å². The van der Waals surface area contributed by atoms with E-state index in [-0.39, 0.29) is 0 Å². The van der Waals surface area contributed by atoms with Crippen molar-refractivity contribution in [2.45, 2.75) is 31.3 Å². The van der Waals surface area contributed by atoms with Gasteiger partial charge in [0, 0.05) is 12.1 Å². The number of pyridine rings is 1. The molecule has 0 saturated heterocycles. The summed E-state index contributed by atoms with van der Waals surface area (Å²) in [6.45, 7) is 0. The maximum absolute atomic E-state index is 5.82. The molecule has 1 fully saturated rings. The van der Waals surface area contributed by atoms with Crippen LogP contribution in [0.1, 0.15) is 19.3 Å². The van der Waals surface area contributed by atoms with Crippen molar-refractivity contribution >= 4 is 17.4 Å². The van der Waals surface area contributed by atoms with Crippen LogP contribution in [0.3, 0.4) is 0 Å². The van der Waals surface area contributed by atoms with Crippen LogP contribution in [-0.4, -0.2) is 17.1 Å². The highest BCUT2D eigenvalue weighted by Crippen LogP contribution is 2.21. The summed E-state index contributed by atoms with van der Waals surface area (Å²) in [5, 5.41) is 3.86. The van der Waals surface area contributed by atoms with E-state index in [1.807, 2.05) is 12.1 Å². The first-order chi connectivity index (χ1) is 6.74. The van der Waals surface area contributed by atoms with Crippen molar-refractivity contribution in [1.82, 2.24) is 4.98 Å². The second kappa shape index (κ2) is 4.15. The van der Waals surface area contributed by atoms with Gasteiger partial charge in [-0.3, -0.25) is 0 Å². The van der Waals surface area contributed by atoms with E-state index in [2.05, 4.69) is 10.3 Å². The lowest BCUT2D eigenvalue weighted by molar-refractivity contribution is 0.686. The molecule has 0 radical (unpaired) electrons. The minimum absolute atomic E-state index is 0.340. The molecule has 0 spiro atoms. The molecule has 0 bridgehead atoms. The number of halogens is 1. The zero-order valence-corrected chi connectivity index (χ0v) is 8.67. The largest absolute Gasteiger partial charge is 0.367 e. The Labute approximate surface area is 88.7 Å². The van der Waals surface area contributed by atoms with Gasteiger partial charge in [0.05, 0.1) is 0 Å². The monoisotopic (exact) mass is 211 g/mol. The van der Waals surface area contributed by atoms with Gasteiger partial charge in [-0.25, -0.2) is 4.98 Å². The minimum atomic E-state index is 0.340. The Balaban J connectivity index is 1.97. The van der Waals surface area contributed by atoms with E-state index < -0.39 is 0 Å². The smallest absolute Gasteiger partial charge is 0.131 e. The normalized spacial score (nSPS) is 26.4. The molecule has 3 nitrogen and oxygen atoms in total. The van der Waals surface area contributed by atoms with Crippen molar-refractivity contribution < 1.29 is 0 Å². The fourth-order valence-electron chi connectivity index (χ4n) is 1.85. The Hall–Kier alpha value is -0.800. The molecule has 1 aromatic rings. The van der Waals surface area contributed by atoms with Gasteiger partial charge >= 0.3 is 0 Å². The molecule has 1 saturated carbocycles. The Kier molecular flexibility index (Phi) is 2.89. The molecule has 0 aliphatic heterocycles. The van der Waals surface area contributed by atoms with Crippen LogP contribution in [0.15, 0.2) is 18.2 Å². The van der Waals surface area contributed by atoms with E-state index in [1.54, 1.807) is 6.07 Å². The fraction of sp³-hybridized carbons (Fsp3) is 0.500. The van der Waals surface area contributed by atoms with Gasteiger partial charge < -0.3 is 11.1 Å². The Morgan fingerprint density at radius 2 is 2.29 bits per heavy atom. The summed E-state index contributed by atoms with van der Waals surface area (Å²) in [4.78, 5) is 4.18. The third-order valence-corrected chi connectivity index (χ3v) is 2.75. The fourth-order valence-corrected chi connectivity index (χ4v) is 2.01. The van der Waals surface area contributed by atoms with E-state index in [4.69, 9.17) is 17.3 Å². The molecule has 76 valence electrons. The second-order valence-electron chi connectivity index (χ2n) is 3.76. The molecular formula is C10H14ClN3. The van der Waals surface area contributed by atoms with Crippen molar-refractivity contribution in [3.05, 3.63) is 23.4 Å². The zero-order valence-electron chi connectivity index (χ0n) is 7.91. The summed E-state index contributed by atoms with van der Waals surface area (Å²) >= 11 is 5.78. The van der Waals surface area contributed by atoms with Crippen LogP contribution in [0.5, 0.6) is 0 Å². The van der Waals surface area contributed by atoms with Crippen LogP contribution < -0.4 is 11.1 Å². The molecule has 0 amide bonds. The van der Waals surface area contributed by atoms with Gasteiger partial charge in [0.2, 0.25) is 0 Å². The molecule has 4 heteroatoms. The molecule has 0 aromatic carbocycles. The summed E-state index contributed by atoms with van der Waals surface area (Å²) in [5.41, 5.74) is 5.82. The van der Waals surface area contributed by atoms with Gasteiger partial charge in [0.25, 0.3) is 0 Å². The van der Waals surface area contributed by atoms with E-state index in [9.17, 15) is 0 Å². The number of aromatic nitrogens is 1. The first kappa shape index (κ1) is 9.74. The van der Waals surface area contributed by atoms with Crippen LogP contribution in [0.25, 0.3) is 0 Å². The maximum atomic E-state index is 5.82. The average molecular weight is 212 g/mol. The van der Waals surface area contributed by atoms with E-state index in [1.165, 1.54) is 0 Å². The number of hydrogen-bond acceptors (Lipinski definition) is 3. The number of nitrogens with one attached hydrogen (secondary N) is 1. The molecule has 1 aliphatic rings. The van der Waals surface area contributed by atoms with Gasteiger partial charge in [0.1, 0.15) is 11.0 Å². The van der Waals surface area contributed by atoms with Gasteiger partial charge in [-0.05, 0) is 31.4 Å². The van der Waals surface area contributed by atoms with Crippen molar-refractivity contribution in [1.29, 1.82) is 0 Å². The Morgan fingerprint density at radius 3 is 2.93 bits per heavy atom. The number of rotatable bonds is 2. The highest BCUT2D eigenvalue weighted by Gasteiger charge is 2.21. The molecule has 14 heavy (non-hydrogen) atoms. The highest BCUT2D eigenvalue weighted by molar-refractivity contribution is 6.29. The van der Waals surface area contributed by atoms with Crippen LogP contribution in [-0.2, 0) is 0 Å². The lowest BCUT2D eigenvalue weighted by Crippen LogP contribution is -2.21. The highest BCUT2D eigenvalue weighted by atomic mass is 35.5. The van der Waals surface area contributed by atoms with Gasteiger partial charge in [-0.15, -0.1) is 0 Å². The van der Waals surface area contributed by atoms with Crippen LogP contribution >= 0.6 is 11.6 Å². The predicted octanol–water partition coefficient (Wildman–Crippen LogP) is 2.03. The zero-order chi connectivity index (χ0) is 9.97. The standard InChI is InChI=1S/C10H14ClN3/c11-9-2-1-3-10(14-9)13-8-5-4-7(12)6-8/h1-3,7-8H,4-6,12H2,(H,13,14). The SMILES string of the molecule is NC1CCC(Nc2cccc(Cl)n2)C1. The lowest BCUT2D eigenvalue weighted by Gasteiger charge is -2.12. The first-order valence-electron chi connectivity index (χ1n) is 4.89. The van der Waals surface area contributed by atoms with Crippen molar-refractivity contribution in [2.75, 3.05) is 5.32 Å². The summed E-state index contributed by atoms with van der Waals surface area (Å²) in [7, 11) is 0. The molecule has 1 aromatic heterocycles. The molecule has 1 heterocycles. The number of nitrogens with two attached hydrogens (primary N) is 1. The van der Waals surface area contributed by atoms with Gasteiger partial charge in [-0.1, -0.05) is 17.7 Å². The third-order valence-electron chi connectivity index (χ3n) is 2.54. The van der Waals surface area contributed by atoms with Gasteiger partial charge in [-0.2, -0.15) is 0 Å². The topological polar surface area (TPSA) is 50.9 Å². The summed E-state index contributed by atoms with van der Waals surface area (Å²) in [5.74, 6) is 0.844. The van der Waals surface area contributed by atoms with E-state index in [0.717, 1.165) is 25.1 Å². The quantitative estimate of drug-likeness (QED) is 0.736. The molecule has 2 rings (SSSR count). The Bertz CT molecular complexity index is 316. The average Bonchev–Trinajstić information content (AvgIpc) is 2.51. The first-order valence-corrected chi connectivity index (χ1v) is 5.26. The molecular weight excluding hydrogens is 198 g/mol. The van der Waals surface area contributed by atoms with Crippen molar-refractivity contribution in [3.63, 3.8) is 0 Å². The Morgan fingerprint density at radius 1 is 1.43 bits per heavy atom. The number of nitrogens with zero attached hydrogens (tertiary/aromatic N) is 1. The number of hydrogen-bond donors (Lipinski definition) is 2. The van der Waals surface area contributed by atoms with E-state index >= 15 is 0 Å². The molecule has 2 atom stereocenters.